The van der Waals surface area contributed by atoms with Gasteiger partial charge in [0.15, 0.2) is 0 Å². The molecule has 1 aromatic rings. The number of hydrogen-bond acceptors (Lipinski definition) is 6. The molecule has 1 atom stereocenters. The molecule has 114 valence electrons. The molecule has 1 aromatic heterocycles. The van der Waals surface area contributed by atoms with Crippen LogP contribution in [0.1, 0.15) is 12.6 Å². The maximum atomic E-state index is 6.19. The minimum Gasteiger partial charge on any atom is -0.383 e. The topological polar surface area (TPSA) is 72.6 Å². The first-order valence-corrected chi connectivity index (χ1v) is 6.84. The van der Waals surface area contributed by atoms with Crippen molar-refractivity contribution in [3.05, 3.63) is 22.8 Å². The van der Waals surface area contributed by atoms with E-state index < -0.39 is 0 Å². The fourth-order valence-electron chi connectivity index (χ4n) is 1.88. The molecule has 0 aliphatic carbocycles. The molecule has 0 aliphatic rings. The van der Waals surface area contributed by atoms with Crippen LogP contribution in [0.5, 0.6) is 0 Å². The van der Waals surface area contributed by atoms with Gasteiger partial charge in [0, 0.05) is 33.4 Å². The molecule has 0 aromatic carbocycles. The predicted molar refractivity (Wildman–Crippen MR) is 80.7 cm³/mol. The highest BCUT2D eigenvalue weighted by atomic mass is 35.5. The Morgan fingerprint density at radius 1 is 1.40 bits per heavy atom. The van der Waals surface area contributed by atoms with Crippen LogP contribution in [0.25, 0.3) is 0 Å². The van der Waals surface area contributed by atoms with Gasteiger partial charge in [0.2, 0.25) is 0 Å². The van der Waals surface area contributed by atoms with Crippen molar-refractivity contribution in [1.29, 1.82) is 0 Å². The molecule has 6 nitrogen and oxygen atoms in total. The molecule has 20 heavy (non-hydrogen) atoms. The van der Waals surface area contributed by atoms with Crippen LogP contribution < -0.4 is 11.3 Å². The zero-order valence-corrected chi connectivity index (χ0v) is 13.0. The average molecular weight is 303 g/mol. The summed E-state index contributed by atoms with van der Waals surface area (Å²) in [6, 6.07) is 3.76. The van der Waals surface area contributed by atoms with Gasteiger partial charge >= 0.3 is 0 Å². The van der Waals surface area contributed by atoms with Crippen molar-refractivity contribution in [2.75, 3.05) is 39.4 Å². The molecule has 3 N–H and O–H groups in total. The Kier molecular flexibility index (Phi) is 7.79. The molecular formula is C13H23ClN4O2. The van der Waals surface area contributed by atoms with Crippen molar-refractivity contribution >= 4 is 17.4 Å². The van der Waals surface area contributed by atoms with Crippen LogP contribution in [0.2, 0.25) is 5.02 Å². The molecule has 0 amide bonds. The molecule has 1 unspecified atom stereocenters. The Labute approximate surface area is 125 Å². The third kappa shape index (κ3) is 5.22. The lowest BCUT2D eigenvalue weighted by Gasteiger charge is -2.28. The molecule has 7 heteroatoms. The number of nitrogens with one attached hydrogen (secondary N) is 1. The highest BCUT2D eigenvalue weighted by Crippen LogP contribution is 2.19. The summed E-state index contributed by atoms with van der Waals surface area (Å²) in [5.41, 5.74) is 3.31. The zero-order valence-electron chi connectivity index (χ0n) is 12.2. The first-order chi connectivity index (χ1) is 9.62. The third-order valence-electron chi connectivity index (χ3n) is 3.03. The van der Waals surface area contributed by atoms with E-state index in [1.807, 2.05) is 0 Å². The van der Waals surface area contributed by atoms with Crippen molar-refractivity contribution in [3.8, 4) is 0 Å². The van der Waals surface area contributed by atoms with Gasteiger partial charge in [0.05, 0.1) is 23.9 Å². The molecule has 0 aliphatic heterocycles. The van der Waals surface area contributed by atoms with Gasteiger partial charge < -0.3 is 14.9 Å². The van der Waals surface area contributed by atoms with Crippen LogP contribution in [0, 0.1) is 0 Å². The van der Waals surface area contributed by atoms with Crippen LogP contribution >= 0.6 is 11.6 Å². The number of nitrogen functional groups attached to an aromatic ring is 1. The summed E-state index contributed by atoms with van der Waals surface area (Å²) in [5.74, 6) is 5.97. The maximum Gasteiger partial charge on any atom is 0.140 e. The highest BCUT2D eigenvalue weighted by Gasteiger charge is 2.16. The van der Waals surface area contributed by atoms with Crippen molar-refractivity contribution in [3.63, 3.8) is 0 Å². The average Bonchev–Trinajstić information content (AvgIpc) is 2.45. The van der Waals surface area contributed by atoms with Crippen molar-refractivity contribution in [1.82, 2.24) is 9.88 Å². The molecule has 1 heterocycles. The van der Waals surface area contributed by atoms with E-state index in [4.69, 9.17) is 26.9 Å². The van der Waals surface area contributed by atoms with E-state index in [0.717, 1.165) is 12.2 Å². The SMILES string of the molecule is COCCN(Cc1nc(NN)ccc1Cl)C(C)COC. The smallest absolute Gasteiger partial charge is 0.140 e. The van der Waals surface area contributed by atoms with Crippen LogP contribution in [0.15, 0.2) is 12.1 Å². The number of nitrogens with two attached hydrogens (primary N) is 1. The highest BCUT2D eigenvalue weighted by molar-refractivity contribution is 6.31. The summed E-state index contributed by atoms with van der Waals surface area (Å²) >= 11 is 6.19. The van der Waals surface area contributed by atoms with Crippen LogP contribution in [-0.4, -0.2) is 49.9 Å². The Morgan fingerprint density at radius 3 is 2.75 bits per heavy atom. The number of hydrogen-bond donors (Lipinski definition) is 2. The first kappa shape index (κ1) is 17.1. The first-order valence-electron chi connectivity index (χ1n) is 6.46. The minimum atomic E-state index is 0.238. The van der Waals surface area contributed by atoms with Crippen LogP contribution in [0.4, 0.5) is 5.82 Å². The van der Waals surface area contributed by atoms with Crippen molar-refractivity contribution in [2.45, 2.75) is 19.5 Å². The second-order valence-electron chi connectivity index (χ2n) is 4.54. The fraction of sp³-hybridized carbons (Fsp3) is 0.615. The summed E-state index contributed by atoms with van der Waals surface area (Å²) in [6.45, 7) is 4.76. The molecule has 0 saturated heterocycles. The Balaban J connectivity index is 2.81. The monoisotopic (exact) mass is 302 g/mol. The zero-order chi connectivity index (χ0) is 15.0. The summed E-state index contributed by atoms with van der Waals surface area (Å²) < 4.78 is 10.4. The van der Waals surface area contributed by atoms with E-state index in [-0.39, 0.29) is 6.04 Å². The number of ether oxygens (including phenoxy) is 2. The lowest BCUT2D eigenvalue weighted by Crippen LogP contribution is -2.38. The number of methoxy groups -OCH3 is 2. The van der Waals surface area contributed by atoms with Gasteiger partial charge in [-0.3, -0.25) is 4.90 Å². The Bertz CT molecular complexity index is 406. The molecule has 0 fully saturated rings. The quantitative estimate of drug-likeness (QED) is 0.532. The molecule has 1 rings (SSSR count). The second kappa shape index (κ2) is 9.10. The van der Waals surface area contributed by atoms with Crippen molar-refractivity contribution < 1.29 is 9.47 Å². The van der Waals surface area contributed by atoms with E-state index in [0.29, 0.717) is 30.6 Å². The third-order valence-corrected chi connectivity index (χ3v) is 3.38. The van der Waals surface area contributed by atoms with Gasteiger partial charge in [0.1, 0.15) is 5.82 Å². The molecule has 0 saturated carbocycles. The van der Waals surface area contributed by atoms with E-state index in [1.165, 1.54) is 0 Å². The largest absolute Gasteiger partial charge is 0.383 e. The van der Waals surface area contributed by atoms with E-state index in [2.05, 4.69) is 22.2 Å². The molecule has 0 bridgehead atoms. The fourth-order valence-corrected chi connectivity index (χ4v) is 2.04. The van der Waals surface area contributed by atoms with E-state index in [1.54, 1.807) is 26.4 Å². The number of rotatable bonds is 9. The number of halogens is 1. The second-order valence-corrected chi connectivity index (χ2v) is 4.94. The van der Waals surface area contributed by atoms with Crippen molar-refractivity contribution in [2.24, 2.45) is 5.84 Å². The van der Waals surface area contributed by atoms with Gasteiger partial charge in [-0.1, -0.05) is 11.6 Å². The molecular weight excluding hydrogens is 280 g/mol. The summed E-state index contributed by atoms with van der Waals surface area (Å²) in [7, 11) is 3.37. The minimum absolute atomic E-state index is 0.238. The van der Waals surface area contributed by atoms with Crippen LogP contribution in [0.3, 0.4) is 0 Å². The Morgan fingerprint density at radius 2 is 2.15 bits per heavy atom. The Hall–Kier alpha value is -0.920. The normalized spacial score (nSPS) is 12.7. The number of pyridine rings is 1. The van der Waals surface area contributed by atoms with Gasteiger partial charge in [-0.05, 0) is 19.1 Å². The summed E-state index contributed by atoms with van der Waals surface area (Å²) in [6.07, 6.45) is 0. The lowest BCUT2D eigenvalue weighted by atomic mass is 10.2. The van der Waals surface area contributed by atoms with Gasteiger partial charge in [-0.25, -0.2) is 10.8 Å². The standard InChI is InChI=1S/C13H23ClN4O2/c1-10(9-20-3)18(6-7-19-2)8-12-11(14)4-5-13(16-12)17-15/h4-5,10H,6-9,15H2,1-3H3,(H,16,17). The van der Waals surface area contributed by atoms with E-state index >= 15 is 0 Å². The van der Waals surface area contributed by atoms with Crippen LogP contribution in [-0.2, 0) is 16.0 Å². The number of anilines is 1. The number of nitrogens with zero attached hydrogens (tertiary/aromatic N) is 2. The summed E-state index contributed by atoms with van der Waals surface area (Å²) in [5, 5.41) is 0.621. The summed E-state index contributed by atoms with van der Waals surface area (Å²) in [4.78, 5) is 6.60. The van der Waals surface area contributed by atoms with Gasteiger partial charge in [0.25, 0.3) is 0 Å². The lowest BCUT2D eigenvalue weighted by molar-refractivity contribution is 0.0698. The van der Waals surface area contributed by atoms with E-state index in [9.17, 15) is 0 Å². The number of aromatic nitrogens is 1. The number of hydrazine groups is 1. The molecule has 0 radical (unpaired) electrons. The predicted octanol–water partition coefficient (Wildman–Crippen LogP) is 1.50. The van der Waals surface area contributed by atoms with Gasteiger partial charge in [-0.2, -0.15) is 0 Å². The molecule has 0 spiro atoms. The maximum absolute atomic E-state index is 6.19. The van der Waals surface area contributed by atoms with Gasteiger partial charge in [-0.15, -0.1) is 0 Å².